The zero-order valence-corrected chi connectivity index (χ0v) is 11.3. The molecule has 1 saturated heterocycles. The number of hydrogen-bond acceptors (Lipinski definition) is 3. The van der Waals surface area contributed by atoms with E-state index in [1.54, 1.807) is 0 Å². The number of carbonyl (C=O) groups is 1. The molecule has 1 fully saturated rings. The van der Waals surface area contributed by atoms with Gasteiger partial charge in [0, 0.05) is 13.1 Å². The van der Waals surface area contributed by atoms with Gasteiger partial charge in [-0.15, -0.1) is 0 Å². The van der Waals surface area contributed by atoms with E-state index in [2.05, 4.69) is 0 Å². The maximum absolute atomic E-state index is 10.7. The van der Waals surface area contributed by atoms with Gasteiger partial charge in [0.1, 0.15) is 0 Å². The number of nitrogens with one attached hydrogen (secondary N) is 1. The fourth-order valence-electron chi connectivity index (χ4n) is 1.18. The van der Waals surface area contributed by atoms with Crippen molar-refractivity contribution >= 4 is 16.1 Å². The number of amides is 2. The smallest absolute Gasteiger partial charge is 0.564 e. The molecule has 1 heterocycles. The number of urea groups is 1. The second kappa shape index (κ2) is 5.05. The quantitative estimate of drug-likeness (QED) is 0.474. The Bertz CT molecular complexity index is 291. The summed E-state index contributed by atoms with van der Waals surface area (Å²) in [4.78, 5) is 11.8. The summed E-state index contributed by atoms with van der Waals surface area (Å²) < 4.78 is 21.4. The first kappa shape index (κ1) is 13.8. The van der Waals surface area contributed by atoms with Crippen molar-refractivity contribution < 1.29 is 64.6 Å². The molecule has 6 nitrogen and oxygen atoms in total. The van der Waals surface area contributed by atoms with Crippen molar-refractivity contribution in [2.45, 2.75) is 11.7 Å². The van der Waals surface area contributed by atoms with Crippen molar-refractivity contribution in [3.8, 4) is 0 Å². The summed E-state index contributed by atoms with van der Waals surface area (Å²) in [7, 11) is -3.77. The summed E-state index contributed by atoms with van der Waals surface area (Å²) in [6.07, 6.45) is 0.314. The van der Waals surface area contributed by atoms with Gasteiger partial charge in [0.2, 0.25) is 0 Å². The van der Waals surface area contributed by atoms with Crippen molar-refractivity contribution in [3.63, 3.8) is 0 Å². The van der Waals surface area contributed by atoms with Gasteiger partial charge in [-0.2, -0.15) is 0 Å². The van der Waals surface area contributed by atoms with E-state index in [4.69, 9.17) is 10.9 Å². The van der Waals surface area contributed by atoms with E-state index < -0.39 is 21.3 Å². The molecule has 1 aliphatic heterocycles. The first-order valence-corrected chi connectivity index (χ1v) is 4.98. The molecule has 1 unspecified atom stereocenters. The third kappa shape index (κ3) is 3.82. The fourth-order valence-corrected chi connectivity index (χ4v) is 1.97. The molecule has 70 valence electrons. The number of carbonyl (C=O) groups excluding carboxylic acids is 1. The molecule has 0 aliphatic carbocycles. The SMILES string of the molecule is [K+].[NH-]S(=O)(=O)C1CCN(C(N)=O)C1. The monoisotopic (exact) mass is 231 g/mol. The molecule has 1 rings (SSSR count). The van der Waals surface area contributed by atoms with Crippen LogP contribution in [0.2, 0.25) is 0 Å². The summed E-state index contributed by atoms with van der Waals surface area (Å²) in [6.45, 7) is 0.388. The van der Waals surface area contributed by atoms with Crippen LogP contribution in [-0.4, -0.2) is 37.7 Å². The first-order chi connectivity index (χ1) is 5.41. The van der Waals surface area contributed by atoms with Gasteiger partial charge in [-0.25, -0.2) is 13.2 Å². The van der Waals surface area contributed by atoms with Crippen LogP contribution in [0.25, 0.3) is 5.14 Å². The molecule has 0 aromatic heterocycles. The summed E-state index contributed by atoms with van der Waals surface area (Å²) in [5.74, 6) is 0. The average Bonchev–Trinajstić information content (AvgIpc) is 2.30. The van der Waals surface area contributed by atoms with Gasteiger partial charge in [-0.05, 0) is 6.42 Å². The fraction of sp³-hybridized carbons (Fsp3) is 0.800. The Labute approximate surface area is 119 Å². The molecule has 3 N–H and O–H groups in total. The van der Waals surface area contributed by atoms with Crippen molar-refractivity contribution in [1.82, 2.24) is 4.90 Å². The van der Waals surface area contributed by atoms with E-state index in [1.165, 1.54) is 4.90 Å². The second-order valence-corrected chi connectivity index (χ2v) is 4.50. The largest absolute Gasteiger partial charge is 1.00 e. The van der Waals surface area contributed by atoms with Crippen LogP contribution >= 0.6 is 0 Å². The van der Waals surface area contributed by atoms with Gasteiger partial charge in [0.15, 0.2) is 0 Å². The molecule has 0 spiro atoms. The van der Waals surface area contributed by atoms with Crippen LogP contribution in [0.5, 0.6) is 0 Å². The van der Waals surface area contributed by atoms with E-state index in [-0.39, 0.29) is 57.9 Å². The molecule has 1 aliphatic rings. The van der Waals surface area contributed by atoms with E-state index in [9.17, 15) is 13.2 Å². The number of rotatable bonds is 1. The Morgan fingerprint density at radius 2 is 2.08 bits per heavy atom. The standard InChI is InChI=1S/C5H11N3O3S.K/c6-5(9)8-2-1-4(3-8)12(7,10)11;/h4H,1-3H2,(H4,6,7,9,10,11);/q;+1/p-1. The van der Waals surface area contributed by atoms with Gasteiger partial charge in [-0.1, -0.05) is 0 Å². The number of likely N-dealkylation sites (tertiary alicyclic amines) is 1. The van der Waals surface area contributed by atoms with Gasteiger partial charge in [0.25, 0.3) is 0 Å². The van der Waals surface area contributed by atoms with Crippen molar-refractivity contribution in [2.24, 2.45) is 5.73 Å². The molecular formula is C5H10KN3O3S. The Hall–Kier alpha value is 0.816. The van der Waals surface area contributed by atoms with Gasteiger partial charge >= 0.3 is 57.4 Å². The molecule has 13 heavy (non-hydrogen) atoms. The van der Waals surface area contributed by atoms with Crippen molar-refractivity contribution in [1.29, 1.82) is 0 Å². The van der Waals surface area contributed by atoms with Crippen molar-refractivity contribution in [2.75, 3.05) is 13.1 Å². The number of nitrogens with two attached hydrogens (primary N) is 1. The molecule has 0 aromatic carbocycles. The van der Waals surface area contributed by atoms with E-state index >= 15 is 0 Å². The second-order valence-electron chi connectivity index (χ2n) is 2.74. The number of nitrogens with zero attached hydrogens (tertiary/aromatic N) is 1. The van der Waals surface area contributed by atoms with Crippen LogP contribution < -0.4 is 57.1 Å². The normalized spacial score (nSPS) is 22.5. The summed E-state index contributed by atoms with van der Waals surface area (Å²) in [5, 5.41) is 5.99. The third-order valence-corrected chi connectivity index (χ3v) is 3.16. The maximum Gasteiger partial charge on any atom is 1.00 e. The summed E-state index contributed by atoms with van der Waals surface area (Å²) >= 11 is 0. The van der Waals surface area contributed by atoms with E-state index in [0.29, 0.717) is 13.0 Å². The van der Waals surface area contributed by atoms with Gasteiger partial charge in [0.05, 0.1) is 15.3 Å². The van der Waals surface area contributed by atoms with Crippen LogP contribution in [0.1, 0.15) is 6.42 Å². The van der Waals surface area contributed by atoms with Crippen LogP contribution in [0.4, 0.5) is 4.79 Å². The number of primary amides is 1. The Morgan fingerprint density at radius 3 is 2.31 bits per heavy atom. The predicted molar refractivity (Wildman–Crippen MR) is 42.8 cm³/mol. The molecule has 0 bridgehead atoms. The van der Waals surface area contributed by atoms with E-state index in [1.807, 2.05) is 0 Å². The Balaban J connectivity index is 0.00000144. The maximum atomic E-state index is 10.7. The zero-order valence-electron chi connectivity index (χ0n) is 7.36. The molecular weight excluding hydrogens is 221 g/mol. The minimum Gasteiger partial charge on any atom is -0.564 e. The first-order valence-electron chi connectivity index (χ1n) is 3.44. The molecule has 2 amide bonds. The molecule has 8 heteroatoms. The minimum atomic E-state index is -3.77. The average molecular weight is 231 g/mol. The van der Waals surface area contributed by atoms with Crippen LogP contribution in [0.15, 0.2) is 0 Å². The predicted octanol–water partition coefficient (Wildman–Crippen LogP) is -3.47. The van der Waals surface area contributed by atoms with Crippen LogP contribution in [0.3, 0.4) is 0 Å². The topological polar surface area (TPSA) is 104 Å². The van der Waals surface area contributed by atoms with E-state index in [0.717, 1.165) is 0 Å². The summed E-state index contributed by atoms with van der Waals surface area (Å²) in [6, 6.07) is -0.624. The molecule has 1 atom stereocenters. The number of sulfonamides is 1. The van der Waals surface area contributed by atoms with Crippen molar-refractivity contribution in [3.05, 3.63) is 5.14 Å². The minimum absolute atomic E-state index is 0. The zero-order chi connectivity index (χ0) is 9.35. The van der Waals surface area contributed by atoms with Crippen LogP contribution in [-0.2, 0) is 10.0 Å². The van der Waals surface area contributed by atoms with Gasteiger partial charge < -0.3 is 15.8 Å². The number of hydrogen-bond donors (Lipinski definition) is 1. The Morgan fingerprint density at radius 1 is 1.54 bits per heavy atom. The summed E-state index contributed by atoms with van der Waals surface area (Å²) in [5.41, 5.74) is 4.93. The Kier molecular flexibility index (Phi) is 5.37. The molecule has 0 saturated carbocycles. The molecule has 0 radical (unpaired) electrons. The van der Waals surface area contributed by atoms with Crippen LogP contribution in [0, 0.1) is 0 Å². The molecule has 0 aromatic rings. The third-order valence-electron chi connectivity index (χ3n) is 1.90. The van der Waals surface area contributed by atoms with Gasteiger partial charge in [-0.3, -0.25) is 0 Å².